The lowest BCUT2D eigenvalue weighted by Gasteiger charge is -1.98. The predicted octanol–water partition coefficient (Wildman–Crippen LogP) is 3.59. The van der Waals surface area contributed by atoms with Crippen molar-refractivity contribution in [2.45, 2.75) is 11.8 Å². The Morgan fingerprint density at radius 1 is 1.20 bits per heavy atom. The Balaban J connectivity index is 2.21. The molecule has 20 heavy (non-hydrogen) atoms. The van der Waals surface area contributed by atoms with Crippen LogP contribution in [0, 0.1) is 0 Å². The lowest BCUT2D eigenvalue weighted by atomic mass is 10.4. The van der Waals surface area contributed by atoms with Gasteiger partial charge in [0.1, 0.15) is 0 Å². The smallest absolute Gasteiger partial charge is 0.434 e. The number of allylic oxidation sites excluding steroid dienone is 2. The summed E-state index contributed by atoms with van der Waals surface area (Å²) in [5, 5.41) is 0. The number of hydrogen-bond donors (Lipinski definition) is 0. The molecule has 0 aliphatic carbocycles. The van der Waals surface area contributed by atoms with Crippen molar-refractivity contribution in [1.82, 2.24) is 0 Å². The molecule has 0 spiro atoms. The number of thioether (sulfide) groups is 1. The molecule has 0 atom stereocenters. The Bertz CT molecular complexity index is 480. The lowest BCUT2D eigenvalue weighted by Crippen LogP contribution is -2.11. The fourth-order valence-electron chi connectivity index (χ4n) is 1.19. The first-order valence-corrected chi connectivity index (χ1v) is 7.10. The first kappa shape index (κ1) is 16.0. The van der Waals surface area contributed by atoms with E-state index >= 15 is 0 Å². The fourth-order valence-corrected chi connectivity index (χ4v) is 1.94. The van der Waals surface area contributed by atoms with E-state index in [0.29, 0.717) is 0 Å². The zero-order chi connectivity index (χ0) is 14.6. The second kappa shape index (κ2) is 9.86. The van der Waals surface area contributed by atoms with Gasteiger partial charge >= 0.3 is 12.1 Å². The van der Waals surface area contributed by atoms with Crippen LogP contribution in [-0.2, 0) is 14.3 Å². The van der Waals surface area contributed by atoms with E-state index in [1.54, 1.807) is 24.8 Å². The highest BCUT2D eigenvalue weighted by Crippen LogP contribution is 2.16. The Kier molecular flexibility index (Phi) is 7.91. The molecule has 0 aliphatic rings. The second-order valence-corrected chi connectivity index (χ2v) is 4.61. The highest BCUT2D eigenvalue weighted by atomic mass is 32.2. The molecule has 0 unspecified atom stereocenters. The van der Waals surface area contributed by atoms with Crippen molar-refractivity contribution in [3.05, 3.63) is 54.6 Å². The van der Waals surface area contributed by atoms with Crippen molar-refractivity contribution in [3.63, 3.8) is 0 Å². The van der Waals surface area contributed by atoms with Crippen LogP contribution in [0.4, 0.5) is 4.79 Å². The average Bonchev–Trinajstić information content (AvgIpc) is 2.44. The van der Waals surface area contributed by atoms with E-state index < -0.39 is 12.1 Å². The average molecular weight is 292 g/mol. The number of carbonyl (C=O) groups is 2. The van der Waals surface area contributed by atoms with Gasteiger partial charge < -0.3 is 9.47 Å². The van der Waals surface area contributed by atoms with E-state index in [1.165, 1.54) is 17.0 Å². The fraction of sp³-hybridized carbons (Fsp3) is 0.200. The quantitative estimate of drug-likeness (QED) is 0.264. The van der Waals surface area contributed by atoms with Crippen molar-refractivity contribution in [2.75, 3.05) is 12.4 Å². The minimum absolute atomic E-state index is 0.173. The Labute approximate surface area is 122 Å². The minimum Gasteiger partial charge on any atom is -0.434 e. The highest BCUT2D eigenvalue weighted by molar-refractivity contribution is 7.99. The summed E-state index contributed by atoms with van der Waals surface area (Å²) in [5.74, 6) is 0.0465. The van der Waals surface area contributed by atoms with Crippen molar-refractivity contribution in [3.8, 4) is 0 Å². The van der Waals surface area contributed by atoms with E-state index in [4.69, 9.17) is 0 Å². The van der Waals surface area contributed by atoms with Crippen molar-refractivity contribution in [2.24, 2.45) is 0 Å². The van der Waals surface area contributed by atoms with Gasteiger partial charge in [-0.25, -0.2) is 9.59 Å². The molecule has 5 heteroatoms. The van der Waals surface area contributed by atoms with E-state index in [1.807, 2.05) is 36.4 Å². The number of esters is 1. The molecule has 0 amide bonds. The Morgan fingerprint density at radius 3 is 2.65 bits per heavy atom. The second-order valence-electron chi connectivity index (χ2n) is 3.52. The molecule has 1 rings (SSSR count). The van der Waals surface area contributed by atoms with Crippen molar-refractivity contribution < 1.29 is 19.1 Å². The Hall–Kier alpha value is -2.01. The summed E-state index contributed by atoms with van der Waals surface area (Å²) in [6.45, 7) is 1.81. The minimum atomic E-state index is -0.981. The highest BCUT2D eigenvalue weighted by Gasteiger charge is 2.06. The van der Waals surface area contributed by atoms with Crippen LogP contribution >= 0.6 is 11.8 Å². The van der Waals surface area contributed by atoms with Gasteiger partial charge in [0.2, 0.25) is 0 Å². The first-order valence-electron chi connectivity index (χ1n) is 6.12. The molecule has 0 N–H and O–H groups in total. The molecule has 0 fully saturated rings. The van der Waals surface area contributed by atoms with Crippen LogP contribution in [-0.4, -0.2) is 24.5 Å². The van der Waals surface area contributed by atoms with E-state index in [9.17, 15) is 9.59 Å². The molecule has 1 aromatic carbocycles. The summed E-state index contributed by atoms with van der Waals surface area (Å²) in [4.78, 5) is 23.1. The largest absolute Gasteiger partial charge is 0.516 e. The van der Waals surface area contributed by atoms with Gasteiger partial charge in [-0.15, -0.1) is 11.8 Å². The molecule has 0 saturated carbocycles. The van der Waals surface area contributed by atoms with E-state index in [-0.39, 0.29) is 6.61 Å². The van der Waals surface area contributed by atoms with Gasteiger partial charge in [-0.3, -0.25) is 0 Å². The molecule has 0 heterocycles. The lowest BCUT2D eigenvalue weighted by molar-refractivity contribution is -0.134. The molecule has 1 aromatic rings. The summed E-state index contributed by atoms with van der Waals surface area (Å²) in [6, 6.07) is 10.0. The van der Waals surface area contributed by atoms with Gasteiger partial charge in [-0.2, -0.15) is 0 Å². The van der Waals surface area contributed by atoms with Crippen molar-refractivity contribution in [1.29, 1.82) is 0 Å². The van der Waals surface area contributed by atoms with Crippen LogP contribution in [0.1, 0.15) is 6.92 Å². The summed E-state index contributed by atoms with van der Waals surface area (Å²) in [5.41, 5.74) is 0. The van der Waals surface area contributed by atoms with Crippen LogP contribution < -0.4 is 0 Å². The summed E-state index contributed by atoms with van der Waals surface area (Å²) < 4.78 is 8.81. The molecule has 0 radical (unpaired) electrons. The van der Waals surface area contributed by atoms with Gasteiger partial charge in [0.25, 0.3) is 0 Å². The standard InChI is InChI=1S/C15H16O4S/c1-2-18-15(17)19-14(16)11-7-4-8-12-20-13-9-5-3-6-10-13/h3-11H,2,12H2,1H3/b8-4+,11-7+. The normalized spacial score (nSPS) is 10.8. The third kappa shape index (κ3) is 7.43. The molecule has 106 valence electrons. The molecule has 0 aromatic heterocycles. The summed E-state index contributed by atoms with van der Waals surface area (Å²) in [6.07, 6.45) is 5.34. The molecular weight excluding hydrogens is 276 g/mol. The van der Waals surface area contributed by atoms with Gasteiger partial charge in [0.15, 0.2) is 0 Å². The Morgan fingerprint density at radius 2 is 1.95 bits per heavy atom. The molecule has 4 nitrogen and oxygen atoms in total. The van der Waals surface area contributed by atoms with Gasteiger partial charge in [-0.05, 0) is 19.1 Å². The van der Waals surface area contributed by atoms with Crippen LogP contribution in [0.15, 0.2) is 59.5 Å². The number of ether oxygens (including phenoxy) is 2. The number of carbonyl (C=O) groups excluding carboxylic acids is 2. The topological polar surface area (TPSA) is 52.6 Å². The number of rotatable bonds is 6. The van der Waals surface area contributed by atoms with E-state index in [2.05, 4.69) is 9.47 Å². The molecule has 0 bridgehead atoms. The van der Waals surface area contributed by atoms with Crippen LogP contribution in [0.25, 0.3) is 0 Å². The molecule has 0 aliphatic heterocycles. The zero-order valence-corrected chi connectivity index (χ0v) is 12.0. The van der Waals surface area contributed by atoms with Crippen LogP contribution in [0.3, 0.4) is 0 Å². The third-order valence-electron chi connectivity index (χ3n) is 2.02. The first-order chi connectivity index (χ1) is 9.72. The molecule has 0 saturated heterocycles. The summed E-state index contributed by atoms with van der Waals surface area (Å²) >= 11 is 1.69. The van der Waals surface area contributed by atoms with Crippen LogP contribution in [0.5, 0.6) is 0 Å². The SMILES string of the molecule is CCOC(=O)OC(=O)/C=C/C=C/CSc1ccccc1. The monoisotopic (exact) mass is 292 g/mol. The molecular formula is C15H16O4S. The maximum Gasteiger partial charge on any atom is 0.516 e. The van der Waals surface area contributed by atoms with Gasteiger partial charge in [-0.1, -0.05) is 36.4 Å². The maximum absolute atomic E-state index is 11.1. The number of hydrogen-bond acceptors (Lipinski definition) is 5. The van der Waals surface area contributed by atoms with Crippen molar-refractivity contribution >= 4 is 23.9 Å². The maximum atomic E-state index is 11.1. The van der Waals surface area contributed by atoms with Gasteiger partial charge in [0, 0.05) is 16.7 Å². The zero-order valence-electron chi connectivity index (χ0n) is 11.2. The number of benzene rings is 1. The third-order valence-corrected chi connectivity index (χ3v) is 2.98. The summed E-state index contributed by atoms with van der Waals surface area (Å²) in [7, 11) is 0. The van der Waals surface area contributed by atoms with Crippen LogP contribution in [0.2, 0.25) is 0 Å². The predicted molar refractivity (Wildman–Crippen MR) is 78.6 cm³/mol. The van der Waals surface area contributed by atoms with E-state index in [0.717, 1.165) is 5.75 Å². The van der Waals surface area contributed by atoms with Gasteiger partial charge in [0.05, 0.1) is 6.61 Å².